The molecular weight excluding hydrogens is 304 g/mol. The maximum atomic E-state index is 12.6. The fourth-order valence-electron chi connectivity index (χ4n) is 2.29. The lowest BCUT2D eigenvalue weighted by Gasteiger charge is -2.12. The van der Waals surface area contributed by atoms with Gasteiger partial charge in [0.05, 0.1) is 6.61 Å². The highest BCUT2D eigenvalue weighted by Crippen LogP contribution is 2.17. The first-order chi connectivity index (χ1) is 11.4. The molecular formula is C19H22N2O3. The molecule has 0 atom stereocenters. The Hall–Kier alpha value is -2.82. The maximum absolute atomic E-state index is 12.6. The van der Waals surface area contributed by atoms with E-state index in [1.54, 1.807) is 29.8 Å². The van der Waals surface area contributed by atoms with Gasteiger partial charge in [0, 0.05) is 55.9 Å². The van der Waals surface area contributed by atoms with Crippen LogP contribution in [-0.2, 0) is 16.6 Å². The van der Waals surface area contributed by atoms with Crippen LogP contribution >= 0.6 is 0 Å². The molecule has 0 aliphatic rings. The van der Waals surface area contributed by atoms with Crippen molar-refractivity contribution >= 4 is 23.5 Å². The largest absolute Gasteiger partial charge is 0.463 e. The standard InChI is InChI=1S/C19H22N2O3/c1-5-24-18(22)11-10-17-12-15(13-21(17)4)19(23)14-6-8-16(9-7-14)20(2)3/h6-13H,5H2,1-4H3/b11-10+. The number of anilines is 1. The molecule has 0 saturated carbocycles. The van der Waals surface area contributed by atoms with Crippen LogP contribution in [0.5, 0.6) is 0 Å². The Bertz CT molecular complexity index is 755. The predicted octanol–water partition coefficient (Wildman–Crippen LogP) is 2.90. The number of carbonyl (C=O) groups is 2. The first-order valence-corrected chi connectivity index (χ1v) is 7.75. The third kappa shape index (κ3) is 4.13. The van der Waals surface area contributed by atoms with E-state index in [0.29, 0.717) is 17.7 Å². The SMILES string of the molecule is CCOC(=O)/C=C/c1cc(C(=O)c2ccc(N(C)C)cc2)cn1C. The molecule has 2 aromatic rings. The van der Waals surface area contributed by atoms with Crippen molar-refractivity contribution in [2.24, 2.45) is 7.05 Å². The molecule has 0 spiro atoms. The summed E-state index contributed by atoms with van der Waals surface area (Å²) in [6.07, 6.45) is 4.76. The molecule has 0 saturated heterocycles. The minimum atomic E-state index is -0.397. The summed E-state index contributed by atoms with van der Waals surface area (Å²) in [4.78, 5) is 26.0. The topological polar surface area (TPSA) is 51.5 Å². The number of hydrogen-bond acceptors (Lipinski definition) is 4. The van der Waals surface area contributed by atoms with Crippen molar-refractivity contribution in [2.75, 3.05) is 25.6 Å². The van der Waals surface area contributed by atoms with E-state index >= 15 is 0 Å². The molecule has 0 amide bonds. The molecule has 2 rings (SSSR count). The van der Waals surface area contributed by atoms with Crippen LogP contribution in [0.25, 0.3) is 6.08 Å². The number of ether oxygens (including phenoxy) is 1. The molecule has 0 bridgehead atoms. The van der Waals surface area contributed by atoms with E-state index in [-0.39, 0.29) is 5.78 Å². The molecule has 0 aliphatic heterocycles. The normalized spacial score (nSPS) is 10.8. The number of aryl methyl sites for hydroxylation is 1. The molecule has 1 aromatic heterocycles. The van der Waals surface area contributed by atoms with Gasteiger partial charge in [0.25, 0.3) is 0 Å². The second-order valence-electron chi connectivity index (χ2n) is 5.62. The Labute approximate surface area is 142 Å². The monoisotopic (exact) mass is 326 g/mol. The number of benzene rings is 1. The van der Waals surface area contributed by atoms with Crippen molar-refractivity contribution in [1.29, 1.82) is 0 Å². The number of esters is 1. The van der Waals surface area contributed by atoms with Crippen LogP contribution in [0.4, 0.5) is 5.69 Å². The fraction of sp³-hybridized carbons (Fsp3) is 0.263. The van der Waals surface area contributed by atoms with Crippen LogP contribution in [0, 0.1) is 0 Å². The predicted molar refractivity (Wildman–Crippen MR) is 95.3 cm³/mol. The van der Waals surface area contributed by atoms with Gasteiger partial charge < -0.3 is 14.2 Å². The third-order valence-corrected chi connectivity index (χ3v) is 3.63. The summed E-state index contributed by atoms with van der Waals surface area (Å²) in [7, 11) is 5.74. The summed E-state index contributed by atoms with van der Waals surface area (Å²) in [6, 6.07) is 9.23. The number of rotatable bonds is 6. The second-order valence-corrected chi connectivity index (χ2v) is 5.62. The first kappa shape index (κ1) is 17.5. The summed E-state index contributed by atoms with van der Waals surface area (Å²) in [6.45, 7) is 2.09. The van der Waals surface area contributed by atoms with Crippen molar-refractivity contribution in [1.82, 2.24) is 4.57 Å². The van der Waals surface area contributed by atoms with Gasteiger partial charge in [0.1, 0.15) is 0 Å². The average Bonchev–Trinajstić information content (AvgIpc) is 2.93. The average molecular weight is 326 g/mol. The van der Waals surface area contributed by atoms with Gasteiger partial charge in [0.2, 0.25) is 0 Å². The zero-order chi connectivity index (χ0) is 17.7. The van der Waals surface area contributed by atoms with E-state index in [9.17, 15) is 9.59 Å². The number of hydrogen-bond donors (Lipinski definition) is 0. The van der Waals surface area contributed by atoms with Crippen molar-refractivity contribution < 1.29 is 14.3 Å². The van der Waals surface area contributed by atoms with Gasteiger partial charge in [-0.25, -0.2) is 4.79 Å². The molecule has 5 heteroatoms. The van der Waals surface area contributed by atoms with Crippen LogP contribution in [0.15, 0.2) is 42.6 Å². The van der Waals surface area contributed by atoms with Gasteiger partial charge in [-0.05, 0) is 43.3 Å². The van der Waals surface area contributed by atoms with Crippen molar-refractivity contribution in [2.45, 2.75) is 6.92 Å². The molecule has 0 fully saturated rings. The highest BCUT2D eigenvalue weighted by molar-refractivity contribution is 6.09. The van der Waals surface area contributed by atoms with Gasteiger partial charge in [-0.2, -0.15) is 0 Å². The van der Waals surface area contributed by atoms with Gasteiger partial charge in [-0.15, -0.1) is 0 Å². The quantitative estimate of drug-likeness (QED) is 0.465. The molecule has 5 nitrogen and oxygen atoms in total. The lowest BCUT2D eigenvalue weighted by atomic mass is 10.1. The Morgan fingerprint density at radius 2 is 1.83 bits per heavy atom. The zero-order valence-electron chi connectivity index (χ0n) is 14.4. The molecule has 0 radical (unpaired) electrons. The third-order valence-electron chi connectivity index (χ3n) is 3.63. The lowest BCUT2D eigenvalue weighted by molar-refractivity contribution is -0.137. The second kappa shape index (κ2) is 7.64. The van der Waals surface area contributed by atoms with E-state index in [4.69, 9.17) is 4.74 Å². The molecule has 1 aromatic carbocycles. The molecule has 0 N–H and O–H groups in total. The smallest absolute Gasteiger partial charge is 0.330 e. The van der Waals surface area contributed by atoms with Crippen molar-refractivity contribution in [3.63, 3.8) is 0 Å². The van der Waals surface area contributed by atoms with Crippen LogP contribution in [-0.4, -0.2) is 37.0 Å². The first-order valence-electron chi connectivity index (χ1n) is 7.75. The number of aromatic nitrogens is 1. The minimum absolute atomic E-state index is 0.0494. The maximum Gasteiger partial charge on any atom is 0.330 e. The fourth-order valence-corrected chi connectivity index (χ4v) is 2.29. The van der Waals surface area contributed by atoms with E-state index in [1.807, 2.05) is 50.3 Å². The number of carbonyl (C=O) groups excluding carboxylic acids is 2. The number of ketones is 1. The summed E-state index contributed by atoms with van der Waals surface area (Å²) in [5.74, 6) is -0.447. The van der Waals surface area contributed by atoms with Gasteiger partial charge in [-0.3, -0.25) is 4.79 Å². The summed E-state index contributed by atoms with van der Waals surface area (Å²) in [5, 5.41) is 0. The zero-order valence-corrected chi connectivity index (χ0v) is 14.4. The van der Waals surface area contributed by atoms with Gasteiger partial charge >= 0.3 is 5.97 Å². The Balaban J connectivity index is 2.19. The van der Waals surface area contributed by atoms with Crippen LogP contribution in [0.2, 0.25) is 0 Å². The molecule has 126 valence electrons. The summed E-state index contributed by atoms with van der Waals surface area (Å²) in [5.41, 5.74) is 3.01. The molecule has 24 heavy (non-hydrogen) atoms. The minimum Gasteiger partial charge on any atom is -0.463 e. The Morgan fingerprint density at radius 3 is 2.42 bits per heavy atom. The highest BCUT2D eigenvalue weighted by Gasteiger charge is 2.12. The van der Waals surface area contributed by atoms with Crippen molar-refractivity contribution in [3.8, 4) is 0 Å². The van der Waals surface area contributed by atoms with E-state index < -0.39 is 5.97 Å². The Morgan fingerprint density at radius 1 is 1.17 bits per heavy atom. The number of nitrogens with zero attached hydrogens (tertiary/aromatic N) is 2. The molecule has 0 aliphatic carbocycles. The Kier molecular flexibility index (Phi) is 5.58. The lowest BCUT2D eigenvalue weighted by Crippen LogP contribution is -2.09. The van der Waals surface area contributed by atoms with Gasteiger partial charge in [0.15, 0.2) is 5.78 Å². The van der Waals surface area contributed by atoms with Gasteiger partial charge in [-0.1, -0.05) is 0 Å². The van der Waals surface area contributed by atoms with Crippen molar-refractivity contribution in [3.05, 3.63) is 59.4 Å². The molecule has 1 heterocycles. The highest BCUT2D eigenvalue weighted by atomic mass is 16.5. The van der Waals surface area contributed by atoms with Crippen LogP contribution < -0.4 is 4.90 Å². The van der Waals surface area contributed by atoms with E-state index in [0.717, 1.165) is 11.4 Å². The summed E-state index contributed by atoms with van der Waals surface area (Å²) < 4.78 is 6.65. The van der Waals surface area contributed by atoms with Crippen LogP contribution in [0.1, 0.15) is 28.5 Å². The molecule has 0 unspecified atom stereocenters. The summed E-state index contributed by atoms with van der Waals surface area (Å²) >= 11 is 0. The van der Waals surface area contributed by atoms with Crippen LogP contribution in [0.3, 0.4) is 0 Å². The van der Waals surface area contributed by atoms with E-state index in [1.165, 1.54) is 6.08 Å². The van der Waals surface area contributed by atoms with E-state index in [2.05, 4.69) is 0 Å².